The Kier molecular flexibility index (Phi) is 1.33. The Morgan fingerprint density at radius 3 is 3.09 bits per heavy atom. The van der Waals surface area contributed by atoms with Crippen LogP contribution < -0.4 is 0 Å². The quantitative estimate of drug-likeness (QED) is 0.581. The lowest BCUT2D eigenvalue weighted by Crippen LogP contribution is -1.82. The Labute approximate surface area is 62.0 Å². The summed E-state index contributed by atoms with van der Waals surface area (Å²) in [5.41, 5.74) is 0.581. The number of aromatic nitrogens is 4. The van der Waals surface area contributed by atoms with E-state index in [1.165, 1.54) is 0 Å². The molecule has 0 atom stereocenters. The average Bonchev–Trinajstić information content (AvgIpc) is 2.58. The predicted octanol–water partition coefficient (Wildman–Crippen LogP) is 0.327. The molecular formula is C6H3N4O. The molecule has 5 heteroatoms. The molecule has 53 valence electrons. The van der Waals surface area contributed by atoms with Crippen molar-refractivity contribution in [1.82, 2.24) is 20.6 Å². The minimum absolute atomic E-state index is 0.401. The standard InChI is InChI=1S/C6H3N4O/c1-2-5(9-7-3-1)6-4-8-10-11-6/h1-3H. The molecule has 5 nitrogen and oxygen atoms in total. The van der Waals surface area contributed by atoms with Gasteiger partial charge in [-0.25, -0.2) is 0 Å². The molecule has 0 amide bonds. The largest absolute Gasteiger partial charge is 0.334 e. The molecule has 0 spiro atoms. The van der Waals surface area contributed by atoms with E-state index in [0.717, 1.165) is 0 Å². The first-order valence-corrected chi connectivity index (χ1v) is 2.95. The summed E-state index contributed by atoms with van der Waals surface area (Å²) in [5.74, 6) is 0.401. The first-order valence-electron chi connectivity index (χ1n) is 2.95. The number of rotatable bonds is 1. The van der Waals surface area contributed by atoms with E-state index >= 15 is 0 Å². The van der Waals surface area contributed by atoms with Crippen molar-refractivity contribution in [2.24, 2.45) is 0 Å². The summed E-state index contributed by atoms with van der Waals surface area (Å²) >= 11 is 0. The maximum Gasteiger partial charge on any atom is 0.217 e. The van der Waals surface area contributed by atoms with Gasteiger partial charge in [-0.15, -0.1) is 10.2 Å². The fourth-order valence-electron chi connectivity index (χ4n) is 0.674. The minimum Gasteiger partial charge on any atom is -0.334 e. The number of hydrogen-bond donors (Lipinski definition) is 0. The second kappa shape index (κ2) is 2.45. The molecule has 0 fully saturated rings. The van der Waals surface area contributed by atoms with Gasteiger partial charge in [0.15, 0.2) is 6.20 Å². The van der Waals surface area contributed by atoms with E-state index < -0.39 is 0 Å². The summed E-state index contributed by atoms with van der Waals surface area (Å²) in [7, 11) is 0. The average molecular weight is 147 g/mol. The Bertz CT molecular complexity index is 318. The first-order chi connectivity index (χ1) is 5.47. The van der Waals surface area contributed by atoms with Crippen LogP contribution in [0, 0.1) is 6.20 Å². The predicted molar refractivity (Wildman–Crippen MR) is 34.2 cm³/mol. The maximum absolute atomic E-state index is 4.70. The SMILES string of the molecule is [c]1nnoc1-c1cccnn1. The van der Waals surface area contributed by atoms with Gasteiger partial charge >= 0.3 is 0 Å². The molecule has 1 radical (unpaired) electrons. The Balaban J connectivity index is 2.46. The Morgan fingerprint density at radius 2 is 2.45 bits per heavy atom. The van der Waals surface area contributed by atoms with E-state index in [-0.39, 0.29) is 0 Å². The van der Waals surface area contributed by atoms with Gasteiger partial charge in [0.25, 0.3) is 0 Å². The first kappa shape index (κ1) is 5.96. The zero-order chi connectivity index (χ0) is 7.52. The van der Waals surface area contributed by atoms with Crippen molar-refractivity contribution in [3.05, 3.63) is 24.5 Å². The molecule has 0 saturated heterocycles. The lowest BCUT2D eigenvalue weighted by molar-refractivity contribution is 0.402. The van der Waals surface area contributed by atoms with Gasteiger partial charge in [-0.3, -0.25) is 0 Å². The van der Waals surface area contributed by atoms with Crippen molar-refractivity contribution in [1.29, 1.82) is 0 Å². The topological polar surface area (TPSA) is 64.7 Å². The monoisotopic (exact) mass is 147 g/mol. The van der Waals surface area contributed by atoms with E-state index in [1.54, 1.807) is 18.3 Å². The van der Waals surface area contributed by atoms with Gasteiger partial charge in [-0.2, -0.15) is 5.10 Å². The van der Waals surface area contributed by atoms with Gasteiger partial charge in [0, 0.05) is 11.5 Å². The molecule has 0 aromatic carbocycles. The second-order valence-corrected chi connectivity index (χ2v) is 1.82. The summed E-state index contributed by atoms with van der Waals surface area (Å²) in [6.45, 7) is 0. The molecule has 2 heterocycles. The lowest BCUT2D eigenvalue weighted by atomic mass is 10.3. The molecule has 0 aliphatic heterocycles. The fraction of sp³-hybridized carbons (Fsp3) is 0. The molecule has 0 bridgehead atoms. The van der Waals surface area contributed by atoms with Crippen LogP contribution in [0.25, 0.3) is 11.5 Å². The van der Waals surface area contributed by atoms with Crippen LogP contribution in [0.5, 0.6) is 0 Å². The van der Waals surface area contributed by atoms with Crippen LogP contribution in [0.2, 0.25) is 0 Å². The van der Waals surface area contributed by atoms with Crippen LogP contribution in [0.4, 0.5) is 0 Å². The summed E-state index contributed by atoms with van der Waals surface area (Å²) in [6, 6.07) is 3.49. The highest BCUT2D eigenvalue weighted by atomic mass is 16.5. The highest BCUT2D eigenvalue weighted by Crippen LogP contribution is 2.10. The molecule has 2 aromatic heterocycles. The molecule has 0 unspecified atom stereocenters. The summed E-state index contributed by atoms with van der Waals surface area (Å²) in [5, 5.41) is 14.1. The van der Waals surface area contributed by atoms with Gasteiger partial charge < -0.3 is 4.52 Å². The molecule has 0 N–H and O–H groups in total. The number of nitrogens with zero attached hydrogens (tertiary/aromatic N) is 4. The summed E-state index contributed by atoms with van der Waals surface area (Å²) in [4.78, 5) is 0. The van der Waals surface area contributed by atoms with Gasteiger partial charge in [0.1, 0.15) is 5.69 Å². The van der Waals surface area contributed by atoms with Crippen LogP contribution in [-0.4, -0.2) is 20.6 Å². The van der Waals surface area contributed by atoms with Gasteiger partial charge in [-0.1, -0.05) is 0 Å². The molecule has 2 rings (SSSR count). The van der Waals surface area contributed by atoms with E-state index in [4.69, 9.17) is 4.52 Å². The summed E-state index contributed by atoms with van der Waals surface area (Å²) < 4.78 is 4.70. The normalized spacial score (nSPS) is 9.82. The van der Waals surface area contributed by atoms with Crippen molar-refractivity contribution in [3.8, 4) is 11.5 Å². The van der Waals surface area contributed by atoms with Crippen LogP contribution in [-0.2, 0) is 0 Å². The van der Waals surface area contributed by atoms with E-state index in [9.17, 15) is 0 Å². The minimum atomic E-state index is 0.401. The van der Waals surface area contributed by atoms with E-state index in [2.05, 4.69) is 26.8 Å². The zero-order valence-corrected chi connectivity index (χ0v) is 5.43. The Morgan fingerprint density at radius 1 is 1.45 bits per heavy atom. The molecule has 0 aliphatic rings. The fourth-order valence-corrected chi connectivity index (χ4v) is 0.674. The second-order valence-electron chi connectivity index (χ2n) is 1.82. The van der Waals surface area contributed by atoms with Crippen molar-refractivity contribution in [3.63, 3.8) is 0 Å². The van der Waals surface area contributed by atoms with Crippen LogP contribution in [0.15, 0.2) is 22.9 Å². The van der Waals surface area contributed by atoms with Crippen molar-refractivity contribution < 1.29 is 4.52 Å². The highest BCUT2D eigenvalue weighted by Gasteiger charge is 2.02. The van der Waals surface area contributed by atoms with Crippen LogP contribution in [0.1, 0.15) is 0 Å². The van der Waals surface area contributed by atoms with Crippen LogP contribution >= 0.6 is 0 Å². The van der Waals surface area contributed by atoms with E-state index in [1.807, 2.05) is 0 Å². The Hall–Kier alpha value is -1.78. The van der Waals surface area contributed by atoms with Gasteiger partial charge in [0.2, 0.25) is 5.76 Å². The van der Waals surface area contributed by atoms with Crippen molar-refractivity contribution in [2.45, 2.75) is 0 Å². The maximum atomic E-state index is 4.70. The lowest BCUT2D eigenvalue weighted by Gasteiger charge is -1.87. The van der Waals surface area contributed by atoms with Crippen LogP contribution in [0.3, 0.4) is 0 Å². The van der Waals surface area contributed by atoms with Crippen molar-refractivity contribution in [2.75, 3.05) is 0 Å². The summed E-state index contributed by atoms with van der Waals surface area (Å²) in [6.07, 6.45) is 4.10. The molecule has 11 heavy (non-hydrogen) atoms. The molecule has 0 saturated carbocycles. The van der Waals surface area contributed by atoms with Gasteiger partial charge in [-0.05, 0) is 12.1 Å². The van der Waals surface area contributed by atoms with Gasteiger partial charge in [0.05, 0.1) is 0 Å². The molecule has 0 aliphatic carbocycles. The van der Waals surface area contributed by atoms with Crippen molar-refractivity contribution >= 4 is 0 Å². The third kappa shape index (κ3) is 1.07. The molecular weight excluding hydrogens is 144 g/mol. The zero-order valence-electron chi connectivity index (χ0n) is 5.43. The number of hydrogen-bond acceptors (Lipinski definition) is 5. The van der Waals surface area contributed by atoms with E-state index in [0.29, 0.717) is 11.5 Å². The molecule has 2 aromatic rings. The third-order valence-corrected chi connectivity index (χ3v) is 1.13. The third-order valence-electron chi connectivity index (χ3n) is 1.13. The smallest absolute Gasteiger partial charge is 0.217 e. The highest BCUT2D eigenvalue weighted by molar-refractivity contribution is 5.47.